The van der Waals surface area contributed by atoms with Crippen molar-refractivity contribution in [1.29, 1.82) is 0 Å². The van der Waals surface area contributed by atoms with Crippen molar-refractivity contribution in [3.63, 3.8) is 0 Å². The van der Waals surface area contributed by atoms with E-state index in [1.807, 2.05) is 12.4 Å². The van der Waals surface area contributed by atoms with E-state index in [4.69, 9.17) is 0 Å². The first-order valence-corrected chi connectivity index (χ1v) is 7.25. The van der Waals surface area contributed by atoms with Crippen LogP contribution >= 0.6 is 0 Å². The number of hydrogen-bond acceptors (Lipinski definition) is 3. The number of fused-ring (bicyclic) bond motifs is 1. The van der Waals surface area contributed by atoms with Crippen molar-refractivity contribution >= 4 is 5.69 Å². The SMILES string of the molecule is CN1CCCc2cc(CNCc3ccncc3)ccc21. The lowest BCUT2D eigenvalue weighted by atomic mass is 9.99. The number of rotatable bonds is 4. The molecule has 0 atom stereocenters. The standard InChI is InChI=1S/C17H21N3/c1-20-10-2-3-16-11-15(4-5-17(16)20)13-19-12-14-6-8-18-9-7-14/h4-9,11,19H,2-3,10,12-13H2,1H3. The lowest BCUT2D eigenvalue weighted by Gasteiger charge is -2.27. The van der Waals surface area contributed by atoms with Gasteiger partial charge >= 0.3 is 0 Å². The summed E-state index contributed by atoms with van der Waals surface area (Å²) in [5, 5.41) is 3.49. The van der Waals surface area contributed by atoms with Gasteiger partial charge in [-0.05, 0) is 47.7 Å². The van der Waals surface area contributed by atoms with Crippen LogP contribution in [-0.4, -0.2) is 18.6 Å². The quantitative estimate of drug-likeness (QED) is 0.923. The third-order valence-electron chi connectivity index (χ3n) is 3.90. The van der Waals surface area contributed by atoms with E-state index in [2.05, 4.69) is 52.6 Å². The number of pyridine rings is 1. The van der Waals surface area contributed by atoms with Gasteiger partial charge in [0.1, 0.15) is 0 Å². The van der Waals surface area contributed by atoms with E-state index in [1.165, 1.54) is 41.8 Å². The van der Waals surface area contributed by atoms with E-state index in [-0.39, 0.29) is 0 Å². The number of aromatic nitrogens is 1. The van der Waals surface area contributed by atoms with Gasteiger partial charge < -0.3 is 10.2 Å². The molecule has 0 saturated carbocycles. The van der Waals surface area contributed by atoms with E-state index in [1.54, 1.807) is 0 Å². The van der Waals surface area contributed by atoms with E-state index in [0.717, 1.165) is 13.1 Å². The summed E-state index contributed by atoms with van der Waals surface area (Å²) >= 11 is 0. The predicted octanol–water partition coefficient (Wildman–Crippen LogP) is 2.75. The Balaban J connectivity index is 1.61. The van der Waals surface area contributed by atoms with Crippen LogP contribution in [0.1, 0.15) is 23.1 Å². The van der Waals surface area contributed by atoms with E-state index in [9.17, 15) is 0 Å². The van der Waals surface area contributed by atoms with Crippen LogP contribution in [0.25, 0.3) is 0 Å². The van der Waals surface area contributed by atoms with Crippen molar-refractivity contribution in [3.8, 4) is 0 Å². The molecule has 1 aliphatic heterocycles. The van der Waals surface area contributed by atoms with E-state index in [0.29, 0.717) is 0 Å². The minimum absolute atomic E-state index is 0.888. The Morgan fingerprint density at radius 1 is 1.10 bits per heavy atom. The summed E-state index contributed by atoms with van der Waals surface area (Å²) in [4.78, 5) is 6.39. The Morgan fingerprint density at radius 3 is 2.75 bits per heavy atom. The van der Waals surface area contributed by atoms with Gasteiger partial charge in [0.05, 0.1) is 0 Å². The zero-order valence-electron chi connectivity index (χ0n) is 12.0. The molecule has 0 fully saturated rings. The summed E-state index contributed by atoms with van der Waals surface area (Å²) in [6.07, 6.45) is 6.15. The highest BCUT2D eigenvalue weighted by Crippen LogP contribution is 2.26. The first-order chi connectivity index (χ1) is 9.83. The number of aryl methyl sites for hydroxylation is 1. The second-order valence-electron chi connectivity index (χ2n) is 5.45. The fraction of sp³-hybridized carbons (Fsp3) is 0.353. The van der Waals surface area contributed by atoms with Gasteiger partial charge in [-0.3, -0.25) is 4.98 Å². The molecule has 0 radical (unpaired) electrons. The highest BCUT2D eigenvalue weighted by atomic mass is 15.1. The normalized spacial score (nSPS) is 14.2. The number of anilines is 1. The summed E-state index contributed by atoms with van der Waals surface area (Å²) in [6.45, 7) is 2.98. The van der Waals surface area contributed by atoms with E-state index >= 15 is 0 Å². The van der Waals surface area contributed by atoms with Gasteiger partial charge in [0.25, 0.3) is 0 Å². The Hall–Kier alpha value is -1.87. The molecule has 0 saturated heterocycles. The molecule has 2 heterocycles. The molecule has 2 aromatic rings. The second-order valence-corrected chi connectivity index (χ2v) is 5.45. The molecule has 1 aromatic heterocycles. The van der Waals surface area contributed by atoms with E-state index < -0.39 is 0 Å². The van der Waals surface area contributed by atoms with Crippen molar-refractivity contribution in [3.05, 3.63) is 59.4 Å². The van der Waals surface area contributed by atoms with Crippen LogP contribution in [0.5, 0.6) is 0 Å². The molecule has 1 aliphatic rings. The molecule has 0 amide bonds. The molecule has 0 spiro atoms. The number of benzene rings is 1. The minimum Gasteiger partial charge on any atom is -0.374 e. The Kier molecular flexibility index (Phi) is 3.97. The van der Waals surface area contributed by atoms with Crippen LogP contribution in [0.3, 0.4) is 0 Å². The fourth-order valence-electron chi connectivity index (χ4n) is 2.80. The molecule has 0 aliphatic carbocycles. The smallest absolute Gasteiger partial charge is 0.0396 e. The second kappa shape index (κ2) is 6.06. The molecule has 1 N–H and O–H groups in total. The summed E-state index contributed by atoms with van der Waals surface area (Å²) in [6, 6.07) is 11.0. The maximum absolute atomic E-state index is 4.03. The van der Waals surface area contributed by atoms with Crippen LogP contribution < -0.4 is 10.2 Å². The van der Waals surface area contributed by atoms with Crippen molar-refractivity contribution < 1.29 is 0 Å². The maximum atomic E-state index is 4.03. The van der Waals surface area contributed by atoms with Crippen molar-refractivity contribution in [2.45, 2.75) is 25.9 Å². The largest absolute Gasteiger partial charge is 0.374 e. The first-order valence-electron chi connectivity index (χ1n) is 7.25. The molecule has 3 rings (SSSR count). The van der Waals surface area contributed by atoms with Crippen LogP contribution in [0.2, 0.25) is 0 Å². The Labute approximate surface area is 120 Å². The average Bonchev–Trinajstić information content (AvgIpc) is 2.48. The van der Waals surface area contributed by atoms with Gasteiger partial charge in [-0.15, -0.1) is 0 Å². The highest BCUT2D eigenvalue weighted by Gasteiger charge is 2.13. The zero-order chi connectivity index (χ0) is 13.8. The lowest BCUT2D eigenvalue weighted by Crippen LogP contribution is -2.24. The minimum atomic E-state index is 0.888. The molecule has 104 valence electrons. The molecule has 3 heteroatoms. The van der Waals surface area contributed by atoms with Gasteiger partial charge in [0.15, 0.2) is 0 Å². The third kappa shape index (κ3) is 2.99. The first kappa shape index (κ1) is 13.1. The van der Waals surface area contributed by atoms with Gasteiger partial charge in [0.2, 0.25) is 0 Å². The van der Waals surface area contributed by atoms with Crippen molar-refractivity contribution in [1.82, 2.24) is 10.3 Å². The van der Waals surface area contributed by atoms with Gasteiger partial charge in [-0.2, -0.15) is 0 Å². The van der Waals surface area contributed by atoms with Gasteiger partial charge in [-0.1, -0.05) is 12.1 Å². The maximum Gasteiger partial charge on any atom is 0.0396 e. The average molecular weight is 267 g/mol. The number of nitrogens with one attached hydrogen (secondary N) is 1. The molecule has 1 aromatic carbocycles. The molecule has 3 nitrogen and oxygen atoms in total. The summed E-state index contributed by atoms with van der Waals surface area (Å²) in [5.74, 6) is 0. The summed E-state index contributed by atoms with van der Waals surface area (Å²) < 4.78 is 0. The zero-order valence-corrected chi connectivity index (χ0v) is 12.0. The predicted molar refractivity (Wildman–Crippen MR) is 82.8 cm³/mol. The van der Waals surface area contributed by atoms with Crippen molar-refractivity contribution in [2.75, 3.05) is 18.5 Å². The third-order valence-corrected chi connectivity index (χ3v) is 3.90. The lowest BCUT2D eigenvalue weighted by molar-refractivity contribution is 0.688. The van der Waals surface area contributed by atoms with Gasteiger partial charge in [-0.25, -0.2) is 0 Å². The molecular formula is C17H21N3. The van der Waals surface area contributed by atoms with Crippen LogP contribution in [0, 0.1) is 0 Å². The Bertz CT molecular complexity index is 566. The summed E-state index contributed by atoms with van der Waals surface area (Å²) in [7, 11) is 2.18. The van der Waals surface area contributed by atoms with Crippen molar-refractivity contribution in [2.24, 2.45) is 0 Å². The molecular weight excluding hydrogens is 246 g/mol. The molecule has 0 bridgehead atoms. The fourth-order valence-corrected chi connectivity index (χ4v) is 2.80. The van der Waals surface area contributed by atoms with Crippen LogP contribution in [-0.2, 0) is 19.5 Å². The van der Waals surface area contributed by atoms with Gasteiger partial charge in [0, 0.05) is 44.8 Å². The summed E-state index contributed by atoms with van der Waals surface area (Å²) in [5.41, 5.74) is 5.53. The number of nitrogens with zero attached hydrogens (tertiary/aromatic N) is 2. The van der Waals surface area contributed by atoms with Crippen LogP contribution in [0.15, 0.2) is 42.7 Å². The highest BCUT2D eigenvalue weighted by molar-refractivity contribution is 5.56. The topological polar surface area (TPSA) is 28.2 Å². The van der Waals surface area contributed by atoms with Crippen LogP contribution in [0.4, 0.5) is 5.69 Å². The molecule has 20 heavy (non-hydrogen) atoms. The number of hydrogen-bond donors (Lipinski definition) is 1. The monoisotopic (exact) mass is 267 g/mol. The Morgan fingerprint density at radius 2 is 1.90 bits per heavy atom. The molecule has 0 unspecified atom stereocenters.